The Kier molecular flexibility index (Phi) is 4.69. The molecule has 0 radical (unpaired) electrons. The minimum absolute atomic E-state index is 0.165. The summed E-state index contributed by atoms with van der Waals surface area (Å²) in [5.41, 5.74) is 12.0. The molecule has 1 heterocycles. The summed E-state index contributed by atoms with van der Waals surface area (Å²) in [5, 5.41) is 2.23. The summed E-state index contributed by atoms with van der Waals surface area (Å²) in [6.45, 7) is 4.24. The first-order chi connectivity index (χ1) is 9.88. The van der Waals surface area contributed by atoms with Crippen LogP contribution in [0, 0.1) is 0 Å². The molecule has 0 unspecified atom stereocenters. The molecule has 4 N–H and O–H groups in total. The van der Waals surface area contributed by atoms with Crippen molar-refractivity contribution in [2.24, 2.45) is 21.5 Å². The monoisotopic (exact) mass is 309 g/mol. The zero-order chi connectivity index (χ0) is 15.5. The van der Waals surface area contributed by atoms with Gasteiger partial charge in [-0.25, -0.2) is 4.99 Å². The van der Waals surface area contributed by atoms with E-state index < -0.39 is 5.66 Å². The summed E-state index contributed by atoms with van der Waals surface area (Å²) in [7, 11) is 0. The van der Waals surface area contributed by atoms with Gasteiger partial charge in [-0.1, -0.05) is 23.7 Å². The highest BCUT2D eigenvalue weighted by molar-refractivity contribution is 6.30. The van der Waals surface area contributed by atoms with Gasteiger partial charge < -0.3 is 11.5 Å². The van der Waals surface area contributed by atoms with Crippen LogP contribution in [0.1, 0.15) is 25.8 Å². The van der Waals surface area contributed by atoms with E-state index in [0.717, 1.165) is 17.9 Å². The number of hydrogen-bond donors (Lipinski definition) is 2. The van der Waals surface area contributed by atoms with Crippen LogP contribution in [0.3, 0.4) is 0 Å². The Labute approximate surface area is 129 Å². The molecule has 1 aromatic carbocycles. The van der Waals surface area contributed by atoms with Crippen molar-refractivity contribution in [3.8, 4) is 0 Å². The lowest BCUT2D eigenvalue weighted by atomic mass is 10.1. The van der Waals surface area contributed by atoms with E-state index >= 15 is 0 Å². The number of hydroxylamine groups is 2. The van der Waals surface area contributed by atoms with Gasteiger partial charge in [0.25, 0.3) is 0 Å². The minimum Gasteiger partial charge on any atom is -0.368 e. The molecular formula is C14H20ClN5O. The molecule has 7 heteroatoms. The summed E-state index contributed by atoms with van der Waals surface area (Å²) in [4.78, 5) is 13.8. The van der Waals surface area contributed by atoms with E-state index in [1.54, 1.807) is 0 Å². The summed E-state index contributed by atoms with van der Waals surface area (Å²) < 4.78 is 0. The second-order valence-corrected chi connectivity index (χ2v) is 5.73. The Bertz CT molecular complexity index is 553. The fourth-order valence-corrected chi connectivity index (χ4v) is 2.23. The van der Waals surface area contributed by atoms with Gasteiger partial charge in [-0.2, -0.15) is 10.1 Å². The molecule has 0 spiro atoms. The van der Waals surface area contributed by atoms with E-state index in [1.165, 1.54) is 10.6 Å². The molecule has 21 heavy (non-hydrogen) atoms. The van der Waals surface area contributed by atoms with E-state index in [2.05, 4.69) is 9.98 Å². The predicted octanol–water partition coefficient (Wildman–Crippen LogP) is 1.89. The quantitative estimate of drug-likeness (QED) is 0.813. The van der Waals surface area contributed by atoms with Crippen molar-refractivity contribution in [1.29, 1.82) is 0 Å². The van der Waals surface area contributed by atoms with Crippen LogP contribution in [-0.4, -0.2) is 29.3 Å². The highest BCUT2D eigenvalue weighted by atomic mass is 35.5. The highest BCUT2D eigenvalue weighted by Gasteiger charge is 2.32. The maximum Gasteiger partial charge on any atom is 0.226 e. The first-order valence-electron chi connectivity index (χ1n) is 6.75. The fourth-order valence-electron chi connectivity index (χ4n) is 2.10. The van der Waals surface area contributed by atoms with Crippen LogP contribution in [0.2, 0.25) is 5.02 Å². The number of aryl methyl sites for hydroxylation is 1. The van der Waals surface area contributed by atoms with Gasteiger partial charge in [-0.05, 0) is 44.4 Å². The number of nitrogens with zero attached hydrogens (tertiary/aromatic N) is 3. The maximum absolute atomic E-state index is 5.85. The molecule has 6 nitrogen and oxygen atoms in total. The van der Waals surface area contributed by atoms with Crippen LogP contribution >= 0.6 is 11.6 Å². The molecule has 0 amide bonds. The van der Waals surface area contributed by atoms with Gasteiger partial charge in [0.2, 0.25) is 11.9 Å². The van der Waals surface area contributed by atoms with Gasteiger partial charge in [0.05, 0.1) is 6.61 Å². The average Bonchev–Trinajstić information content (AvgIpc) is 2.38. The van der Waals surface area contributed by atoms with Gasteiger partial charge in [0.15, 0.2) is 5.66 Å². The largest absolute Gasteiger partial charge is 0.368 e. The summed E-state index contributed by atoms with van der Waals surface area (Å²) in [5.74, 6) is 0.387. The number of aliphatic imine (C=N–C) groups is 2. The van der Waals surface area contributed by atoms with Crippen LogP contribution in [0.15, 0.2) is 34.3 Å². The van der Waals surface area contributed by atoms with Crippen molar-refractivity contribution in [2.75, 3.05) is 6.61 Å². The van der Waals surface area contributed by atoms with Crippen molar-refractivity contribution < 1.29 is 4.84 Å². The van der Waals surface area contributed by atoms with E-state index in [1.807, 2.05) is 38.1 Å². The molecule has 1 aliphatic heterocycles. The third-order valence-corrected chi connectivity index (χ3v) is 3.32. The van der Waals surface area contributed by atoms with Crippen LogP contribution in [0.5, 0.6) is 0 Å². The molecule has 0 fully saturated rings. The lowest BCUT2D eigenvalue weighted by Gasteiger charge is -2.36. The molecule has 0 bridgehead atoms. The lowest BCUT2D eigenvalue weighted by molar-refractivity contribution is -0.157. The Morgan fingerprint density at radius 3 is 2.52 bits per heavy atom. The van der Waals surface area contributed by atoms with Crippen molar-refractivity contribution in [2.45, 2.75) is 32.4 Å². The number of halogens is 1. The number of nitrogens with two attached hydrogens (primary N) is 2. The van der Waals surface area contributed by atoms with Crippen molar-refractivity contribution in [3.05, 3.63) is 34.9 Å². The van der Waals surface area contributed by atoms with Crippen LogP contribution in [0.25, 0.3) is 0 Å². The summed E-state index contributed by atoms with van der Waals surface area (Å²) in [6.07, 6.45) is 1.74. The third-order valence-electron chi connectivity index (χ3n) is 3.07. The van der Waals surface area contributed by atoms with E-state index in [0.29, 0.717) is 6.61 Å². The standard InChI is InChI=1S/C14H20ClN5O/c1-14(2)19-12(16)18-13(17)20(14)21-9-3-4-10-5-7-11(15)8-6-10/h5-8H,3-4,9H2,1-2H3,(H4,16,17,18,19). The second kappa shape index (κ2) is 6.32. The molecular weight excluding hydrogens is 290 g/mol. The number of guanidine groups is 2. The van der Waals surface area contributed by atoms with Crippen LogP contribution in [-0.2, 0) is 11.3 Å². The van der Waals surface area contributed by atoms with Crippen molar-refractivity contribution in [3.63, 3.8) is 0 Å². The first kappa shape index (κ1) is 15.6. The molecule has 114 valence electrons. The van der Waals surface area contributed by atoms with E-state index in [4.69, 9.17) is 27.9 Å². The third kappa shape index (κ3) is 4.09. The maximum atomic E-state index is 5.85. The molecule has 1 aliphatic rings. The van der Waals surface area contributed by atoms with Gasteiger partial charge in [-0.3, -0.25) is 4.84 Å². The summed E-state index contributed by atoms with van der Waals surface area (Å²) in [6, 6.07) is 7.78. The van der Waals surface area contributed by atoms with Gasteiger partial charge >= 0.3 is 0 Å². The van der Waals surface area contributed by atoms with Crippen LogP contribution < -0.4 is 11.5 Å². The normalized spacial score (nSPS) is 17.4. The zero-order valence-electron chi connectivity index (χ0n) is 12.2. The molecule has 2 rings (SSSR count). The van der Waals surface area contributed by atoms with Gasteiger partial charge in [-0.15, -0.1) is 0 Å². The molecule has 0 saturated heterocycles. The fraction of sp³-hybridized carbons (Fsp3) is 0.429. The van der Waals surface area contributed by atoms with Gasteiger partial charge in [0.1, 0.15) is 0 Å². The van der Waals surface area contributed by atoms with Crippen molar-refractivity contribution >= 4 is 23.5 Å². The van der Waals surface area contributed by atoms with Crippen molar-refractivity contribution in [1.82, 2.24) is 5.06 Å². The Balaban J connectivity index is 1.83. The smallest absolute Gasteiger partial charge is 0.226 e. The Hall–Kier alpha value is -1.79. The molecule has 0 aliphatic carbocycles. The van der Waals surface area contributed by atoms with E-state index in [-0.39, 0.29) is 11.9 Å². The number of hydrogen-bond acceptors (Lipinski definition) is 6. The lowest BCUT2D eigenvalue weighted by Crippen LogP contribution is -2.53. The molecule has 0 aromatic heterocycles. The molecule has 0 atom stereocenters. The topological polar surface area (TPSA) is 89.2 Å². The van der Waals surface area contributed by atoms with Crippen LogP contribution in [0.4, 0.5) is 0 Å². The first-order valence-corrected chi connectivity index (χ1v) is 7.13. The highest BCUT2D eigenvalue weighted by Crippen LogP contribution is 2.20. The zero-order valence-corrected chi connectivity index (χ0v) is 13.0. The number of benzene rings is 1. The minimum atomic E-state index is -0.657. The average molecular weight is 310 g/mol. The Morgan fingerprint density at radius 1 is 1.24 bits per heavy atom. The molecule has 1 aromatic rings. The van der Waals surface area contributed by atoms with E-state index in [9.17, 15) is 0 Å². The summed E-state index contributed by atoms with van der Waals surface area (Å²) >= 11 is 5.85. The molecule has 0 saturated carbocycles. The predicted molar refractivity (Wildman–Crippen MR) is 84.9 cm³/mol. The van der Waals surface area contributed by atoms with Gasteiger partial charge in [0, 0.05) is 5.02 Å². The number of rotatable bonds is 5. The SMILES string of the molecule is CC1(C)N=C(N)N=C(N)N1OCCCc1ccc(Cl)cc1. The Morgan fingerprint density at radius 2 is 1.90 bits per heavy atom. The second-order valence-electron chi connectivity index (χ2n) is 5.29.